The molecule has 0 amide bonds. The molecule has 9 heteroatoms. The quantitative estimate of drug-likeness (QED) is 0.0335. The van der Waals surface area contributed by atoms with Crippen LogP contribution in [-0.4, -0.2) is 91.1 Å². The summed E-state index contributed by atoms with van der Waals surface area (Å²) in [6.07, 6.45) is 49.2. The summed E-state index contributed by atoms with van der Waals surface area (Å²) < 4.78 is 18.2. The van der Waals surface area contributed by atoms with Crippen LogP contribution in [0.1, 0.15) is 324 Å². The van der Waals surface area contributed by atoms with Gasteiger partial charge in [-0.3, -0.25) is 24.1 Å². The standard InChI is InChI=1S/C65H122N2O7/c1-6-11-15-19-24-31-40-60(41-32-25-20-16-12-7-2)73-63(69)44-35-28-23-29-38-53-72-65(71)62-55-58(54-59(68)48-52-66-50-46-57(39-10-5)47-51-66)56-67(62)49-37-30-36-45-64(70)74-61(42-33-26-21-17-13-8-3)43-34-27-22-18-14-9-4/h57-58,60-62H,6-56H2,1-5H3/t58-,62-/m0/s1. The van der Waals surface area contributed by atoms with E-state index < -0.39 is 0 Å². The monoisotopic (exact) mass is 1040 g/mol. The number of nitrogens with zero attached hydrogens (tertiary/aromatic N) is 2. The minimum Gasteiger partial charge on any atom is -0.465 e. The number of esters is 3. The Bertz CT molecular complexity index is 1300. The van der Waals surface area contributed by atoms with Crippen molar-refractivity contribution in [1.82, 2.24) is 9.80 Å². The van der Waals surface area contributed by atoms with E-state index in [0.717, 1.165) is 141 Å². The topological polar surface area (TPSA) is 102 Å². The molecule has 0 aromatic rings. The molecule has 434 valence electrons. The Morgan fingerprint density at radius 3 is 1.32 bits per heavy atom. The van der Waals surface area contributed by atoms with Gasteiger partial charge in [-0.15, -0.1) is 0 Å². The molecule has 0 spiro atoms. The van der Waals surface area contributed by atoms with Crippen LogP contribution in [0.5, 0.6) is 0 Å². The van der Waals surface area contributed by atoms with Gasteiger partial charge in [0, 0.05) is 38.8 Å². The molecule has 0 N–H and O–H groups in total. The summed E-state index contributed by atoms with van der Waals surface area (Å²) >= 11 is 0. The van der Waals surface area contributed by atoms with Gasteiger partial charge >= 0.3 is 17.9 Å². The molecule has 2 saturated heterocycles. The van der Waals surface area contributed by atoms with Crippen LogP contribution in [0.25, 0.3) is 0 Å². The van der Waals surface area contributed by atoms with Crippen LogP contribution < -0.4 is 0 Å². The second kappa shape index (κ2) is 48.2. The highest BCUT2D eigenvalue weighted by molar-refractivity contribution is 5.80. The predicted molar refractivity (Wildman–Crippen MR) is 311 cm³/mol. The van der Waals surface area contributed by atoms with Crippen LogP contribution in [0.2, 0.25) is 0 Å². The maximum atomic E-state index is 13.7. The normalized spacial score (nSPS) is 16.7. The second-order valence-corrected chi connectivity index (χ2v) is 23.6. The van der Waals surface area contributed by atoms with Gasteiger partial charge in [-0.05, 0) is 128 Å². The summed E-state index contributed by atoms with van der Waals surface area (Å²) in [6.45, 7) is 16.3. The van der Waals surface area contributed by atoms with E-state index in [9.17, 15) is 19.2 Å². The third kappa shape index (κ3) is 36.9. The number of hydrogen-bond donors (Lipinski definition) is 0. The highest BCUT2D eigenvalue weighted by atomic mass is 16.5. The van der Waals surface area contributed by atoms with Gasteiger partial charge in [-0.25, -0.2) is 0 Å². The molecule has 0 saturated carbocycles. The molecule has 0 radical (unpaired) electrons. The SMILES string of the molecule is CCCCCCCCC(CCCCCCCC)OC(=O)CCCCCCCOC(=O)[C@@H]1C[C@H](CC(=O)CCN2CCC(CCC)CC2)CN1CCCCCC(=O)OC(CCCCCCCC)CCCCCCCC. The highest BCUT2D eigenvalue weighted by Crippen LogP contribution is 2.29. The lowest BCUT2D eigenvalue weighted by Gasteiger charge is -2.31. The van der Waals surface area contributed by atoms with Gasteiger partial charge in [0.1, 0.15) is 24.0 Å². The van der Waals surface area contributed by atoms with Gasteiger partial charge in [0.15, 0.2) is 0 Å². The number of carbonyl (C=O) groups is 4. The largest absolute Gasteiger partial charge is 0.465 e. The average molecular weight is 1040 g/mol. The molecule has 74 heavy (non-hydrogen) atoms. The maximum Gasteiger partial charge on any atom is 0.323 e. The Kier molecular flexibility index (Phi) is 44.3. The van der Waals surface area contributed by atoms with E-state index in [4.69, 9.17) is 14.2 Å². The molecule has 0 aliphatic carbocycles. The van der Waals surface area contributed by atoms with Gasteiger partial charge in [-0.1, -0.05) is 202 Å². The molecular formula is C65H122N2O7. The molecule has 2 rings (SSSR count). The van der Waals surface area contributed by atoms with E-state index in [-0.39, 0.29) is 42.1 Å². The van der Waals surface area contributed by atoms with Crippen LogP contribution in [0.15, 0.2) is 0 Å². The maximum absolute atomic E-state index is 13.7. The van der Waals surface area contributed by atoms with Crippen LogP contribution in [-0.2, 0) is 33.4 Å². The molecule has 2 heterocycles. The Labute approximate surface area is 458 Å². The first kappa shape index (κ1) is 68.1. The molecule has 2 aliphatic rings. The van der Waals surface area contributed by atoms with E-state index in [1.165, 1.54) is 154 Å². The molecule has 0 bridgehead atoms. The van der Waals surface area contributed by atoms with E-state index in [1.54, 1.807) is 0 Å². The highest BCUT2D eigenvalue weighted by Gasteiger charge is 2.38. The zero-order valence-electron chi connectivity index (χ0n) is 49.7. The van der Waals surface area contributed by atoms with Crippen LogP contribution in [0, 0.1) is 11.8 Å². The van der Waals surface area contributed by atoms with E-state index in [1.807, 2.05) is 0 Å². The fraction of sp³-hybridized carbons (Fsp3) is 0.938. The van der Waals surface area contributed by atoms with Crippen LogP contribution in [0.3, 0.4) is 0 Å². The number of ether oxygens (including phenoxy) is 3. The lowest BCUT2D eigenvalue weighted by molar-refractivity contribution is -0.151. The Hall–Kier alpha value is -2.00. The molecular weight excluding hydrogens is 921 g/mol. The lowest BCUT2D eigenvalue weighted by atomic mass is 9.92. The summed E-state index contributed by atoms with van der Waals surface area (Å²) in [7, 11) is 0. The number of hydrogen-bond acceptors (Lipinski definition) is 9. The minimum atomic E-state index is -0.322. The average Bonchev–Trinajstić information content (AvgIpc) is 3.80. The zero-order valence-corrected chi connectivity index (χ0v) is 49.7. The van der Waals surface area contributed by atoms with Crippen molar-refractivity contribution in [3.05, 3.63) is 0 Å². The Balaban J connectivity index is 1.82. The fourth-order valence-corrected chi connectivity index (χ4v) is 11.8. The molecule has 2 aliphatic heterocycles. The smallest absolute Gasteiger partial charge is 0.323 e. The van der Waals surface area contributed by atoms with Crippen molar-refractivity contribution in [2.75, 3.05) is 39.3 Å². The number of rotatable bonds is 52. The summed E-state index contributed by atoms with van der Waals surface area (Å²) in [4.78, 5) is 57.9. The molecule has 2 fully saturated rings. The van der Waals surface area contributed by atoms with Gasteiger partial charge in [0.25, 0.3) is 0 Å². The third-order valence-corrected chi connectivity index (χ3v) is 16.6. The fourth-order valence-electron chi connectivity index (χ4n) is 11.8. The van der Waals surface area contributed by atoms with E-state index >= 15 is 0 Å². The molecule has 2 atom stereocenters. The molecule has 9 nitrogen and oxygen atoms in total. The first-order chi connectivity index (χ1) is 36.2. The van der Waals surface area contributed by atoms with Crippen molar-refractivity contribution in [3.8, 4) is 0 Å². The van der Waals surface area contributed by atoms with Crippen molar-refractivity contribution in [3.63, 3.8) is 0 Å². The summed E-state index contributed by atoms with van der Waals surface area (Å²) in [5.74, 6) is 1.08. The van der Waals surface area contributed by atoms with Crippen LogP contribution in [0.4, 0.5) is 0 Å². The van der Waals surface area contributed by atoms with Gasteiger partial charge < -0.3 is 19.1 Å². The molecule has 0 aromatic carbocycles. The Morgan fingerprint density at radius 2 is 0.865 bits per heavy atom. The molecule has 0 aromatic heterocycles. The number of ketones is 1. The Morgan fingerprint density at radius 1 is 0.446 bits per heavy atom. The van der Waals surface area contributed by atoms with E-state index in [2.05, 4.69) is 44.4 Å². The number of piperidine rings is 1. The van der Waals surface area contributed by atoms with Crippen molar-refractivity contribution in [1.29, 1.82) is 0 Å². The first-order valence-electron chi connectivity index (χ1n) is 32.8. The zero-order chi connectivity index (χ0) is 53.5. The summed E-state index contributed by atoms with van der Waals surface area (Å²) in [5.41, 5.74) is 0. The van der Waals surface area contributed by atoms with Crippen molar-refractivity contribution < 1.29 is 33.4 Å². The van der Waals surface area contributed by atoms with Crippen molar-refractivity contribution in [2.24, 2.45) is 11.8 Å². The van der Waals surface area contributed by atoms with E-state index in [0.29, 0.717) is 44.5 Å². The molecule has 0 unspecified atom stereocenters. The van der Waals surface area contributed by atoms with Crippen molar-refractivity contribution in [2.45, 2.75) is 342 Å². The van der Waals surface area contributed by atoms with Crippen molar-refractivity contribution >= 4 is 23.7 Å². The van der Waals surface area contributed by atoms with Gasteiger partial charge in [0.05, 0.1) is 6.61 Å². The number of unbranched alkanes of at least 4 members (excludes halogenated alkanes) is 26. The summed E-state index contributed by atoms with van der Waals surface area (Å²) in [6, 6.07) is -0.322. The number of likely N-dealkylation sites (tertiary alicyclic amines) is 2. The van der Waals surface area contributed by atoms with Gasteiger partial charge in [0.2, 0.25) is 0 Å². The number of carbonyl (C=O) groups excluding carboxylic acids is 4. The lowest BCUT2D eigenvalue weighted by Crippen LogP contribution is -2.38. The second-order valence-electron chi connectivity index (χ2n) is 23.6. The summed E-state index contributed by atoms with van der Waals surface area (Å²) in [5, 5.41) is 0. The van der Waals surface area contributed by atoms with Crippen LogP contribution >= 0.6 is 0 Å². The third-order valence-electron chi connectivity index (χ3n) is 16.6. The van der Waals surface area contributed by atoms with Gasteiger partial charge in [-0.2, -0.15) is 0 Å². The predicted octanol–water partition coefficient (Wildman–Crippen LogP) is 17.8. The number of Topliss-reactive ketones (excluding diaryl/α,β-unsaturated/α-hetero) is 1. The minimum absolute atomic E-state index is 0.0340. The first-order valence-corrected chi connectivity index (χ1v) is 32.8.